The van der Waals surface area contributed by atoms with Crippen LogP contribution in [0.5, 0.6) is 5.75 Å². The van der Waals surface area contributed by atoms with Crippen molar-refractivity contribution in [3.05, 3.63) is 30.1 Å². The molecule has 0 aliphatic rings. The third kappa shape index (κ3) is 7.08. The third-order valence-corrected chi connectivity index (χ3v) is 3.13. The number of nitrogens with one attached hydrogen (secondary N) is 2. The molecule has 7 heteroatoms. The monoisotopic (exact) mass is 302 g/mol. The lowest BCUT2D eigenvalue weighted by Gasteiger charge is -2.15. The number of halogens is 1. The molecule has 0 aliphatic heterocycles. The van der Waals surface area contributed by atoms with Gasteiger partial charge >= 0.3 is 6.03 Å². The van der Waals surface area contributed by atoms with E-state index in [1.54, 1.807) is 25.3 Å². The number of ether oxygens (including phenoxy) is 1. The van der Waals surface area contributed by atoms with Crippen molar-refractivity contribution < 1.29 is 18.1 Å². The van der Waals surface area contributed by atoms with Crippen molar-refractivity contribution in [2.24, 2.45) is 0 Å². The predicted molar refractivity (Wildman–Crippen MR) is 76.8 cm³/mol. The van der Waals surface area contributed by atoms with Gasteiger partial charge in [0.2, 0.25) is 0 Å². The van der Waals surface area contributed by atoms with Crippen LogP contribution in [0.1, 0.15) is 6.92 Å². The summed E-state index contributed by atoms with van der Waals surface area (Å²) in [6.45, 7) is 2.36. The molecule has 0 saturated carbocycles. The van der Waals surface area contributed by atoms with Crippen LogP contribution in [0.25, 0.3) is 0 Å². The quantitative estimate of drug-likeness (QED) is 0.797. The zero-order valence-electron chi connectivity index (χ0n) is 11.5. The third-order valence-electron chi connectivity index (χ3n) is 2.35. The summed E-state index contributed by atoms with van der Waals surface area (Å²) in [5.74, 6) is 0.468. The summed E-state index contributed by atoms with van der Waals surface area (Å²) in [5, 5.41) is 5.26. The summed E-state index contributed by atoms with van der Waals surface area (Å²) in [4.78, 5) is 11.5. The van der Waals surface area contributed by atoms with E-state index in [0.29, 0.717) is 18.0 Å². The predicted octanol–water partition coefficient (Wildman–Crippen LogP) is 1.27. The van der Waals surface area contributed by atoms with Gasteiger partial charge < -0.3 is 15.4 Å². The Kier molecular flexibility index (Phi) is 7.00. The Morgan fingerprint density at radius 2 is 2.25 bits per heavy atom. The van der Waals surface area contributed by atoms with E-state index in [2.05, 4.69) is 10.6 Å². The molecule has 1 aromatic carbocycles. The van der Waals surface area contributed by atoms with Gasteiger partial charge in [0.1, 0.15) is 18.2 Å². The average molecular weight is 302 g/mol. The van der Waals surface area contributed by atoms with Crippen molar-refractivity contribution in [3.8, 4) is 5.75 Å². The molecule has 0 radical (unpaired) electrons. The van der Waals surface area contributed by atoms with Crippen molar-refractivity contribution in [2.75, 3.05) is 25.2 Å². The van der Waals surface area contributed by atoms with Gasteiger partial charge in [-0.05, 0) is 19.1 Å². The van der Waals surface area contributed by atoms with Crippen molar-refractivity contribution >= 4 is 16.8 Å². The molecule has 0 aromatic heterocycles. The molecule has 0 unspecified atom stereocenters. The molecular formula is C13H19FN2O3S. The molecule has 0 bridgehead atoms. The standard InChI is InChI=1S/C13H19FN2O3S/c1-10(16-13(17)15-6-7-20(2)18)9-19-12-5-3-4-11(14)8-12/h3-5,8,10H,6-7,9H2,1-2H3,(H2,15,16,17)/t10-,20-/m0/s1. The smallest absolute Gasteiger partial charge is 0.315 e. The first-order valence-electron chi connectivity index (χ1n) is 6.20. The average Bonchev–Trinajstić information content (AvgIpc) is 2.36. The fourth-order valence-corrected chi connectivity index (χ4v) is 1.79. The van der Waals surface area contributed by atoms with Crippen LogP contribution in [0.15, 0.2) is 24.3 Å². The Bertz CT molecular complexity index is 471. The summed E-state index contributed by atoms with van der Waals surface area (Å²) in [5.41, 5.74) is 0. The van der Waals surface area contributed by atoms with E-state index in [0.717, 1.165) is 0 Å². The van der Waals surface area contributed by atoms with Crippen LogP contribution in [0, 0.1) is 5.82 Å². The van der Waals surface area contributed by atoms with Crippen LogP contribution in [-0.2, 0) is 10.8 Å². The van der Waals surface area contributed by atoms with Gasteiger partial charge in [-0.2, -0.15) is 0 Å². The maximum atomic E-state index is 12.9. The topological polar surface area (TPSA) is 67.4 Å². The normalized spacial score (nSPS) is 13.3. The van der Waals surface area contributed by atoms with Crippen LogP contribution >= 0.6 is 0 Å². The van der Waals surface area contributed by atoms with Gasteiger partial charge in [0.15, 0.2) is 0 Å². The van der Waals surface area contributed by atoms with Crippen molar-refractivity contribution in [1.29, 1.82) is 0 Å². The van der Waals surface area contributed by atoms with E-state index < -0.39 is 10.8 Å². The van der Waals surface area contributed by atoms with Crippen LogP contribution in [0.4, 0.5) is 9.18 Å². The molecule has 112 valence electrons. The lowest BCUT2D eigenvalue weighted by molar-refractivity contribution is 0.227. The summed E-state index contributed by atoms with van der Waals surface area (Å²) in [6, 6.07) is 5.24. The van der Waals surface area contributed by atoms with Gasteiger partial charge in [-0.1, -0.05) is 6.07 Å². The van der Waals surface area contributed by atoms with Crippen molar-refractivity contribution in [3.63, 3.8) is 0 Å². The molecule has 0 saturated heterocycles. The molecule has 1 rings (SSSR count). The number of carbonyl (C=O) groups is 1. The number of amides is 2. The van der Waals surface area contributed by atoms with E-state index in [-0.39, 0.29) is 24.5 Å². The van der Waals surface area contributed by atoms with Gasteiger partial charge in [0, 0.05) is 35.4 Å². The van der Waals surface area contributed by atoms with Gasteiger partial charge in [0.25, 0.3) is 0 Å². The second-order valence-corrected chi connectivity index (χ2v) is 5.90. The largest absolute Gasteiger partial charge is 0.491 e. The molecule has 0 heterocycles. The highest BCUT2D eigenvalue weighted by molar-refractivity contribution is 7.84. The molecule has 5 nitrogen and oxygen atoms in total. The summed E-state index contributed by atoms with van der Waals surface area (Å²) >= 11 is 0. The number of hydrogen-bond donors (Lipinski definition) is 2. The molecule has 1 aromatic rings. The van der Waals surface area contributed by atoms with Crippen molar-refractivity contribution in [1.82, 2.24) is 10.6 Å². The molecule has 2 atom stereocenters. The zero-order valence-corrected chi connectivity index (χ0v) is 12.3. The number of hydrogen-bond acceptors (Lipinski definition) is 3. The highest BCUT2D eigenvalue weighted by Crippen LogP contribution is 2.11. The minimum absolute atomic E-state index is 0.231. The molecule has 0 aliphatic carbocycles. The minimum Gasteiger partial charge on any atom is -0.491 e. The second-order valence-electron chi connectivity index (χ2n) is 4.35. The first kappa shape index (κ1) is 16.4. The second kappa shape index (κ2) is 8.52. The molecule has 2 amide bonds. The lowest BCUT2D eigenvalue weighted by atomic mass is 10.3. The SMILES string of the molecule is C[C@@H](COc1cccc(F)c1)NC(=O)NCC[S@](C)=O. The van der Waals surface area contributed by atoms with E-state index in [4.69, 9.17) is 4.74 Å². The first-order chi connectivity index (χ1) is 9.47. The van der Waals surface area contributed by atoms with Crippen LogP contribution in [0.3, 0.4) is 0 Å². The molecular weight excluding hydrogens is 283 g/mol. The van der Waals surface area contributed by atoms with Gasteiger partial charge in [-0.15, -0.1) is 0 Å². The van der Waals surface area contributed by atoms with Gasteiger partial charge in [-0.25, -0.2) is 9.18 Å². The Morgan fingerprint density at radius 1 is 1.50 bits per heavy atom. The number of rotatable bonds is 7. The minimum atomic E-state index is -0.928. The van der Waals surface area contributed by atoms with Crippen LogP contribution in [-0.4, -0.2) is 41.4 Å². The van der Waals surface area contributed by atoms with E-state index in [1.807, 2.05) is 0 Å². The Morgan fingerprint density at radius 3 is 2.90 bits per heavy atom. The number of benzene rings is 1. The van der Waals surface area contributed by atoms with Gasteiger partial charge in [0.05, 0.1) is 6.04 Å². The molecule has 20 heavy (non-hydrogen) atoms. The van der Waals surface area contributed by atoms with E-state index in [1.165, 1.54) is 12.1 Å². The summed E-state index contributed by atoms with van der Waals surface area (Å²) in [6.07, 6.45) is 1.58. The van der Waals surface area contributed by atoms with Gasteiger partial charge in [-0.3, -0.25) is 4.21 Å². The van der Waals surface area contributed by atoms with E-state index >= 15 is 0 Å². The Hall–Kier alpha value is -1.63. The highest BCUT2D eigenvalue weighted by Gasteiger charge is 2.07. The van der Waals surface area contributed by atoms with E-state index in [9.17, 15) is 13.4 Å². The fraction of sp³-hybridized carbons (Fsp3) is 0.462. The summed E-state index contributed by atoms with van der Waals surface area (Å²) in [7, 11) is -0.928. The number of urea groups is 1. The Labute approximate surface area is 120 Å². The van der Waals surface area contributed by atoms with Crippen LogP contribution in [0.2, 0.25) is 0 Å². The first-order valence-corrected chi connectivity index (χ1v) is 7.93. The number of carbonyl (C=O) groups excluding carboxylic acids is 1. The molecule has 0 spiro atoms. The maximum absolute atomic E-state index is 12.9. The fourth-order valence-electron chi connectivity index (χ4n) is 1.40. The zero-order chi connectivity index (χ0) is 15.0. The maximum Gasteiger partial charge on any atom is 0.315 e. The lowest BCUT2D eigenvalue weighted by Crippen LogP contribution is -2.44. The van der Waals surface area contributed by atoms with Crippen LogP contribution < -0.4 is 15.4 Å². The highest BCUT2D eigenvalue weighted by atomic mass is 32.2. The Balaban J connectivity index is 2.24. The molecule has 2 N–H and O–H groups in total. The summed E-state index contributed by atoms with van der Waals surface area (Å²) < 4.78 is 29.1. The molecule has 0 fully saturated rings. The van der Waals surface area contributed by atoms with Crippen molar-refractivity contribution in [2.45, 2.75) is 13.0 Å².